The second-order valence-electron chi connectivity index (χ2n) is 5.59. The second-order valence-corrected chi connectivity index (χ2v) is 6.95. The molecule has 7 heteroatoms. The first kappa shape index (κ1) is 16.7. The highest BCUT2D eigenvalue weighted by Crippen LogP contribution is 2.27. The van der Waals surface area contributed by atoms with Gasteiger partial charge < -0.3 is 15.4 Å². The van der Waals surface area contributed by atoms with E-state index in [0.717, 1.165) is 5.39 Å². The van der Waals surface area contributed by atoms with Crippen molar-refractivity contribution in [2.45, 2.75) is 17.2 Å². The number of hydrogen-bond donors (Lipinski definition) is 1. The Morgan fingerprint density at radius 2 is 2.00 bits per heavy atom. The standard InChI is InChI=1S/C17H19N3O3S/c1-11(17(22)20-6-8-23-9-7-20)24-15-10-13(16(18)21)12-4-2-3-5-14(12)19-15/h2-5,10-11H,6-9H2,1H3,(H2,18,21)/t11-/m1/s1. The molecule has 6 nitrogen and oxygen atoms in total. The Kier molecular flexibility index (Phi) is 5.01. The maximum atomic E-state index is 12.5. The van der Waals surface area contributed by atoms with E-state index in [2.05, 4.69) is 4.98 Å². The molecule has 24 heavy (non-hydrogen) atoms. The van der Waals surface area contributed by atoms with E-state index in [9.17, 15) is 9.59 Å². The van der Waals surface area contributed by atoms with E-state index >= 15 is 0 Å². The molecule has 1 aromatic heterocycles. The molecule has 0 unspecified atom stereocenters. The third-order valence-corrected chi connectivity index (χ3v) is 4.93. The molecule has 2 N–H and O–H groups in total. The van der Waals surface area contributed by atoms with Gasteiger partial charge in [-0.3, -0.25) is 9.59 Å². The number of thioether (sulfide) groups is 1. The first-order chi connectivity index (χ1) is 11.6. The molecule has 2 aromatic rings. The highest BCUT2D eigenvalue weighted by molar-refractivity contribution is 8.00. The minimum atomic E-state index is -0.498. The van der Waals surface area contributed by atoms with Gasteiger partial charge in [-0.25, -0.2) is 4.98 Å². The molecule has 0 spiro atoms. The van der Waals surface area contributed by atoms with Gasteiger partial charge in [-0.2, -0.15) is 0 Å². The normalized spacial score (nSPS) is 16.1. The van der Waals surface area contributed by atoms with E-state index in [1.54, 1.807) is 11.0 Å². The third kappa shape index (κ3) is 3.52. The molecule has 0 aliphatic carbocycles. The molecular formula is C17H19N3O3S. The first-order valence-electron chi connectivity index (χ1n) is 7.79. The molecule has 126 valence electrons. The summed E-state index contributed by atoms with van der Waals surface area (Å²) in [5, 5.41) is 1.05. The summed E-state index contributed by atoms with van der Waals surface area (Å²) in [5.74, 6) is -0.443. The zero-order valence-electron chi connectivity index (χ0n) is 13.4. The van der Waals surface area contributed by atoms with Crippen LogP contribution in [0.15, 0.2) is 35.4 Å². The van der Waals surface area contributed by atoms with Crippen molar-refractivity contribution in [1.82, 2.24) is 9.88 Å². The SMILES string of the molecule is C[C@@H](Sc1cc(C(N)=O)c2ccccc2n1)C(=O)N1CCOCC1. The predicted octanol–water partition coefficient (Wildman–Crippen LogP) is 1.67. The van der Waals surface area contributed by atoms with E-state index in [-0.39, 0.29) is 11.2 Å². The van der Waals surface area contributed by atoms with E-state index in [1.165, 1.54) is 11.8 Å². The van der Waals surface area contributed by atoms with Crippen LogP contribution in [0.3, 0.4) is 0 Å². The maximum Gasteiger partial charge on any atom is 0.249 e. The van der Waals surface area contributed by atoms with Gasteiger partial charge in [0.15, 0.2) is 0 Å². The van der Waals surface area contributed by atoms with Crippen molar-refractivity contribution in [1.29, 1.82) is 0 Å². The Balaban J connectivity index is 1.84. The lowest BCUT2D eigenvalue weighted by Crippen LogP contribution is -2.44. The van der Waals surface area contributed by atoms with Gasteiger partial charge in [0.2, 0.25) is 11.8 Å². The van der Waals surface area contributed by atoms with Crippen molar-refractivity contribution in [3.8, 4) is 0 Å². The number of benzene rings is 1. The molecule has 1 aliphatic rings. The van der Waals surface area contributed by atoms with Crippen LogP contribution in [-0.4, -0.2) is 53.3 Å². The molecule has 0 bridgehead atoms. The number of amides is 2. The van der Waals surface area contributed by atoms with Crippen LogP contribution in [0.5, 0.6) is 0 Å². The average molecular weight is 345 g/mol. The molecule has 1 atom stereocenters. The van der Waals surface area contributed by atoms with E-state index < -0.39 is 5.91 Å². The largest absolute Gasteiger partial charge is 0.378 e. The zero-order chi connectivity index (χ0) is 17.1. The molecule has 1 saturated heterocycles. The van der Waals surface area contributed by atoms with E-state index in [4.69, 9.17) is 10.5 Å². The first-order valence-corrected chi connectivity index (χ1v) is 8.67. The number of hydrogen-bond acceptors (Lipinski definition) is 5. The quantitative estimate of drug-likeness (QED) is 0.852. The number of para-hydroxylation sites is 1. The molecule has 1 aliphatic heterocycles. The number of nitrogens with two attached hydrogens (primary N) is 1. The summed E-state index contributed by atoms with van der Waals surface area (Å²) < 4.78 is 5.27. The summed E-state index contributed by atoms with van der Waals surface area (Å²) in [6, 6.07) is 9.02. The van der Waals surface area contributed by atoms with Gasteiger partial charge in [0.05, 0.1) is 34.6 Å². The van der Waals surface area contributed by atoms with E-state index in [0.29, 0.717) is 42.4 Å². The number of carbonyl (C=O) groups is 2. The summed E-state index contributed by atoms with van der Waals surface area (Å²) >= 11 is 1.34. The number of nitrogens with zero attached hydrogens (tertiary/aromatic N) is 2. The van der Waals surface area contributed by atoms with Crippen molar-refractivity contribution >= 4 is 34.5 Å². The topological polar surface area (TPSA) is 85.5 Å². The number of aromatic nitrogens is 1. The minimum absolute atomic E-state index is 0.0545. The number of morpholine rings is 1. The monoisotopic (exact) mass is 345 g/mol. The van der Waals surface area contributed by atoms with Gasteiger partial charge in [0, 0.05) is 18.5 Å². The lowest BCUT2D eigenvalue weighted by Gasteiger charge is -2.29. The lowest BCUT2D eigenvalue weighted by atomic mass is 10.1. The Morgan fingerprint density at radius 1 is 1.29 bits per heavy atom. The van der Waals surface area contributed by atoms with Gasteiger partial charge in [-0.05, 0) is 19.1 Å². The lowest BCUT2D eigenvalue weighted by molar-refractivity contribution is -0.134. The molecule has 2 heterocycles. The smallest absolute Gasteiger partial charge is 0.249 e. The van der Waals surface area contributed by atoms with Crippen molar-refractivity contribution in [2.24, 2.45) is 5.73 Å². The van der Waals surface area contributed by atoms with Crippen molar-refractivity contribution in [3.63, 3.8) is 0 Å². The number of carbonyl (C=O) groups excluding carboxylic acids is 2. The van der Waals surface area contributed by atoms with Crippen LogP contribution in [0.4, 0.5) is 0 Å². The summed E-state index contributed by atoms with van der Waals surface area (Å²) in [6.45, 7) is 4.22. The predicted molar refractivity (Wildman–Crippen MR) is 93.0 cm³/mol. The fraction of sp³-hybridized carbons (Fsp3) is 0.353. The molecule has 2 amide bonds. The summed E-state index contributed by atoms with van der Waals surface area (Å²) in [5.41, 5.74) is 6.61. The van der Waals surface area contributed by atoms with Gasteiger partial charge in [0.1, 0.15) is 0 Å². The highest BCUT2D eigenvalue weighted by atomic mass is 32.2. The average Bonchev–Trinajstić information content (AvgIpc) is 2.61. The van der Waals surface area contributed by atoms with Crippen LogP contribution in [0, 0.1) is 0 Å². The van der Waals surface area contributed by atoms with Gasteiger partial charge in [-0.15, -0.1) is 0 Å². The molecule has 3 rings (SSSR count). The van der Waals surface area contributed by atoms with Crippen molar-refractivity contribution in [3.05, 3.63) is 35.9 Å². The Bertz CT molecular complexity index is 775. The highest BCUT2D eigenvalue weighted by Gasteiger charge is 2.24. The molecule has 1 aromatic carbocycles. The fourth-order valence-electron chi connectivity index (χ4n) is 2.69. The van der Waals surface area contributed by atoms with Gasteiger partial charge in [-0.1, -0.05) is 30.0 Å². The summed E-state index contributed by atoms with van der Waals surface area (Å²) in [6.07, 6.45) is 0. The number of ether oxygens (including phenoxy) is 1. The van der Waals surface area contributed by atoms with Crippen LogP contribution in [0.2, 0.25) is 0 Å². The van der Waals surface area contributed by atoms with Gasteiger partial charge in [0.25, 0.3) is 0 Å². The molecular weight excluding hydrogens is 326 g/mol. The Labute approximate surface area is 144 Å². The molecule has 0 radical (unpaired) electrons. The maximum absolute atomic E-state index is 12.5. The van der Waals surface area contributed by atoms with E-state index in [1.807, 2.05) is 31.2 Å². The van der Waals surface area contributed by atoms with Crippen LogP contribution in [-0.2, 0) is 9.53 Å². The number of pyridine rings is 1. The zero-order valence-corrected chi connectivity index (χ0v) is 14.2. The fourth-order valence-corrected chi connectivity index (χ4v) is 3.64. The van der Waals surface area contributed by atoms with Gasteiger partial charge >= 0.3 is 0 Å². The van der Waals surface area contributed by atoms with Crippen molar-refractivity contribution in [2.75, 3.05) is 26.3 Å². The van der Waals surface area contributed by atoms with Crippen LogP contribution >= 0.6 is 11.8 Å². The molecule has 1 fully saturated rings. The number of primary amides is 1. The minimum Gasteiger partial charge on any atom is -0.378 e. The van der Waals surface area contributed by atoms with Crippen LogP contribution < -0.4 is 5.73 Å². The second kappa shape index (κ2) is 7.19. The number of rotatable bonds is 4. The Hall–Kier alpha value is -2.12. The number of fused-ring (bicyclic) bond motifs is 1. The van der Waals surface area contributed by atoms with Crippen LogP contribution in [0.25, 0.3) is 10.9 Å². The van der Waals surface area contributed by atoms with Crippen LogP contribution in [0.1, 0.15) is 17.3 Å². The van der Waals surface area contributed by atoms with Crippen molar-refractivity contribution < 1.29 is 14.3 Å². The Morgan fingerprint density at radius 3 is 2.71 bits per heavy atom. The molecule has 0 saturated carbocycles. The third-order valence-electron chi connectivity index (χ3n) is 3.93. The summed E-state index contributed by atoms with van der Waals surface area (Å²) in [7, 11) is 0. The summed E-state index contributed by atoms with van der Waals surface area (Å²) in [4.78, 5) is 30.6.